The van der Waals surface area contributed by atoms with E-state index in [-0.39, 0.29) is 5.75 Å². The highest BCUT2D eigenvalue weighted by atomic mass is 32.2. The van der Waals surface area contributed by atoms with Crippen molar-refractivity contribution in [3.05, 3.63) is 106 Å². The van der Waals surface area contributed by atoms with Crippen molar-refractivity contribution in [3.63, 3.8) is 0 Å². The summed E-state index contributed by atoms with van der Waals surface area (Å²) in [6.07, 6.45) is 2.52. The number of nitrogens with zero attached hydrogens (tertiary/aromatic N) is 3. The van der Waals surface area contributed by atoms with E-state index >= 15 is 0 Å². The van der Waals surface area contributed by atoms with Crippen LogP contribution in [0.3, 0.4) is 0 Å². The summed E-state index contributed by atoms with van der Waals surface area (Å²) in [5.74, 6) is -0.598. The molecule has 210 valence electrons. The van der Waals surface area contributed by atoms with Crippen molar-refractivity contribution in [2.24, 2.45) is 0 Å². The third-order valence-electron chi connectivity index (χ3n) is 7.40. The Morgan fingerprint density at radius 2 is 1.82 bits per heavy atom. The normalized spacial score (nSPS) is 15.6. The number of aromatic amines is 1. The van der Waals surface area contributed by atoms with Crippen LogP contribution in [-0.2, 0) is 27.4 Å². The quantitative estimate of drug-likeness (QED) is 0.303. The number of aromatic nitrogens is 4. The van der Waals surface area contributed by atoms with E-state index in [1.165, 1.54) is 24.8 Å². The van der Waals surface area contributed by atoms with Gasteiger partial charge in [0.15, 0.2) is 0 Å². The number of aryl methyl sites for hydroxylation is 1. The van der Waals surface area contributed by atoms with Crippen LogP contribution < -0.4 is 5.32 Å². The zero-order valence-corrected chi connectivity index (χ0v) is 22.9. The molecule has 3 aromatic heterocycles. The lowest BCUT2D eigenvalue weighted by molar-refractivity contribution is -0.141. The Labute approximate surface area is 229 Å². The summed E-state index contributed by atoms with van der Waals surface area (Å²) in [6.45, 7) is 5.41. The molecule has 1 aliphatic carbocycles. The second kappa shape index (κ2) is 9.92. The summed E-state index contributed by atoms with van der Waals surface area (Å²) in [5.41, 5.74) is 3.13. The maximum atomic E-state index is 13.1. The number of halogens is 3. The van der Waals surface area contributed by atoms with E-state index in [1.807, 2.05) is 19.1 Å². The Hall–Kier alpha value is -3.93. The van der Waals surface area contributed by atoms with Gasteiger partial charge in [0, 0.05) is 24.0 Å². The predicted octanol–water partition coefficient (Wildman–Crippen LogP) is 5.19. The van der Waals surface area contributed by atoms with Crippen molar-refractivity contribution in [2.45, 2.75) is 57.0 Å². The van der Waals surface area contributed by atoms with Crippen LogP contribution in [0, 0.1) is 13.8 Å². The van der Waals surface area contributed by atoms with Crippen LogP contribution in [0.15, 0.2) is 61.3 Å². The van der Waals surface area contributed by atoms with Gasteiger partial charge in [0.25, 0.3) is 5.91 Å². The number of amides is 1. The fourth-order valence-electron chi connectivity index (χ4n) is 4.92. The van der Waals surface area contributed by atoms with Gasteiger partial charge in [-0.25, -0.2) is 17.4 Å². The molecule has 0 bridgehead atoms. The molecule has 2 N–H and O–H groups in total. The molecule has 5 rings (SSSR count). The van der Waals surface area contributed by atoms with Gasteiger partial charge in [-0.2, -0.15) is 13.2 Å². The minimum atomic E-state index is -4.51. The van der Waals surface area contributed by atoms with Crippen molar-refractivity contribution in [1.82, 2.24) is 24.2 Å². The second-order valence-electron chi connectivity index (χ2n) is 10.3. The summed E-state index contributed by atoms with van der Waals surface area (Å²) in [5, 5.41) is 2.84. The average Bonchev–Trinajstić information content (AvgIpc) is 3.34. The molecule has 0 spiro atoms. The highest BCUT2D eigenvalue weighted by molar-refractivity contribution is 7.89. The molecule has 0 radical (unpaired) electrons. The summed E-state index contributed by atoms with van der Waals surface area (Å²) >= 11 is 0. The predicted molar refractivity (Wildman–Crippen MR) is 142 cm³/mol. The summed E-state index contributed by atoms with van der Waals surface area (Å²) < 4.78 is 65.6. The lowest BCUT2D eigenvalue weighted by Crippen LogP contribution is -2.28. The van der Waals surface area contributed by atoms with E-state index in [2.05, 4.69) is 20.3 Å². The number of hydrogen-bond acceptors (Lipinski definition) is 5. The highest BCUT2D eigenvalue weighted by Crippen LogP contribution is 2.54. The zero-order chi connectivity index (χ0) is 28.9. The van der Waals surface area contributed by atoms with Crippen LogP contribution in [0.4, 0.5) is 13.2 Å². The van der Waals surface area contributed by atoms with E-state index < -0.39 is 39.3 Å². The third-order valence-corrected chi connectivity index (χ3v) is 8.94. The second-order valence-corrected chi connectivity index (χ2v) is 12.2. The molecule has 1 aliphatic rings. The highest BCUT2D eigenvalue weighted by Gasteiger charge is 2.48. The zero-order valence-electron chi connectivity index (χ0n) is 22.1. The molecule has 3 heterocycles. The van der Waals surface area contributed by atoms with Crippen LogP contribution in [0.25, 0.3) is 0 Å². The number of pyridine rings is 1. The number of carbonyl (C=O) groups is 1. The number of carbonyl (C=O) groups excluding carboxylic acids is 1. The van der Waals surface area contributed by atoms with Crippen molar-refractivity contribution in [3.8, 4) is 0 Å². The van der Waals surface area contributed by atoms with Crippen LogP contribution in [0.1, 0.15) is 75.5 Å². The number of imidazole rings is 1. The van der Waals surface area contributed by atoms with Gasteiger partial charge in [-0.05, 0) is 61.9 Å². The molecule has 1 unspecified atom stereocenters. The van der Waals surface area contributed by atoms with E-state index in [1.54, 1.807) is 32.2 Å². The standard InChI is InChI=1S/C28H28F3N5O3S/c1-17-4-6-20(7-5-17)15-40(38,39)36-14-23(34-16-36)19(3)35-26(37)25-18(2)22(13-33-25)27(10-11-27)21-8-9-24(32-12-21)28(29,30)31/h4-9,12-14,16,19,33H,10-11,15H2,1-3H3,(H,35,37). The number of benzene rings is 1. The molecule has 1 amide bonds. The Kier molecular flexibility index (Phi) is 6.85. The van der Waals surface area contributed by atoms with Gasteiger partial charge in [-0.1, -0.05) is 35.9 Å². The first kappa shape index (κ1) is 27.6. The lowest BCUT2D eigenvalue weighted by atomic mass is 9.88. The van der Waals surface area contributed by atoms with Crippen molar-refractivity contribution in [1.29, 1.82) is 0 Å². The van der Waals surface area contributed by atoms with Gasteiger partial charge in [0.05, 0.1) is 17.5 Å². The molecule has 1 saturated carbocycles. The maximum absolute atomic E-state index is 13.1. The van der Waals surface area contributed by atoms with E-state index in [9.17, 15) is 26.4 Å². The monoisotopic (exact) mass is 571 g/mol. The molecular formula is C28H28F3N5O3S. The molecular weight excluding hydrogens is 543 g/mol. The Bertz CT molecular complexity index is 1650. The number of hydrogen-bond donors (Lipinski definition) is 2. The van der Waals surface area contributed by atoms with Gasteiger partial charge in [0.1, 0.15) is 17.7 Å². The average molecular weight is 572 g/mol. The number of nitrogens with one attached hydrogen (secondary N) is 2. The summed E-state index contributed by atoms with van der Waals surface area (Å²) in [4.78, 5) is 24.0. The number of alkyl halides is 3. The van der Waals surface area contributed by atoms with Gasteiger partial charge in [0.2, 0.25) is 10.0 Å². The number of rotatable bonds is 8. The molecule has 0 aliphatic heterocycles. The first-order valence-electron chi connectivity index (χ1n) is 12.7. The molecule has 1 atom stereocenters. The van der Waals surface area contributed by atoms with Gasteiger partial charge in [-0.15, -0.1) is 0 Å². The van der Waals surface area contributed by atoms with Gasteiger partial charge >= 0.3 is 6.18 Å². The van der Waals surface area contributed by atoms with E-state index in [4.69, 9.17) is 0 Å². The van der Waals surface area contributed by atoms with Crippen molar-refractivity contribution >= 4 is 15.9 Å². The largest absolute Gasteiger partial charge is 0.433 e. The Balaban J connectivity index is 1.29. The van der Waals surface area contributed by atoms with Crippen LogP contribution in [0.5, 0.6) is 0 Å². The minimum absolute atomic E-state index is 0.190. The maximum Gasteiger partial charge on any atom is 0.433 e. The lowest BCUT2D eigenvalue weighted by Gasteiger charge is -2.17. The molecule has 4 aromatic rings. The van der Waals surface area contributed by atoms with E-state index in [0.717, 1.165) is 34.0 Å². The molecule has 1 aromatic carbocycles. The third kappa shape index (κ3) is 5.27. The van der Waals surface area contributed by atoms with Crippen LogP contribution >= 0.6 is 0 Å². The van der Waals surface area contributed by atoms with E-state index in [0.29, 0.717) is 28.1 Å². The van der Waals surface area contributed by atoms with Crippen LogP contribution in [-0.4, -0.2) is 33.2 Å². The fourth-order valence-corrected chi connectivity index (χ4v) is 6.14. The number of H-pyrrole nitrogens is 1. The molecule has 40 heavy (non-hydrogen) atoms. The fraction of sp³-hybridized carbons (Fsp3) is 0.321. The van der Waals surface area contributed by atoms with Crippen LogP contribution in [0.2, 0.25) is 0 Å². The molecule has 1 fully saturated rings. The first-order valence-corrected chi connectivity index (χ1v) is 14.3. The van der Waals surface area contributed by atoms with Crippen molar-refractivity contribution in [2.75, 3.05) is 0 Å². The molecule has 12 heteroatoms. The topological polar surface area (TPSA) is 110 Å². The summed E-state index contributed by atoms with van der Waals surface area (Å²) in [6, 6.07) is 9.06. The molecule has 0 saturated heterocycles. The van der Waals surface area contributed by atoms with Crippen molar-refractivity contribution < 1.29 is 26.4 Å². The Morgan fingerprint density at radius 1 is 1.12 bits per heavy atom. The van der Waals surface area contributed by atoms with Gasteiger partial charge in [-0.3, -0.25) is 9.78 Å². The SMILES string of the molecule is Cc1ccc(CS(=O)(=O)n2cnc(C(C)NC(=O)c3[nH]cc(C4(c5ccc(C(F)(F)F)nc5)CC4)c3C)c2)cc1. The summed E-state index contributed by atoms with van der Waals surface area (Å²) in [7, 11) is -3.70. The smallest absolute Gasteiger partial charge is 0.357 e. The Morgan fingerprint density at radius 3 is 2.42 bits per heavy atom. The minimum Gasteiger partial charge on any atom is -0.357 e. The first-order chi connectivity index (χ1) is 18.8. The molecule has 8 nitrogen and oxygen atoms in total. The van der Waals surface area contributed by atoms with Gasteiger partial charge < -0.3 is 10.3 Å².